The number of hydrogen-bond donors (Lipinski definition) is 2. The molecule has 178 valence electrons. The Labute approximate surface area is 201 Å². The molecule has 0 aliphatic carbocycles. The van der Waals surface area contributed by atoms with Gasteiger partial charge in [0.1, 0.15) is 5.70 Å². The van der Waals surface area contributed by atoms with Gasteiger partial charge in [-0.3, -0.25) is 19.7 Å². The van der Waals surface area contributed by atoms with E-state index in [0.29, 0.717) is 11.1 Å². The number of rotatable bonds is 8. The summed E-state index contributed by atoms with van der Waals surface area (Å²) in [4.78, 5) is 37.9. The predicted molar refractivity (Wildman–Crippen MR) is 131 cm³/mol. The molecule has 0 aliphatic rings. The van der Waals surface area contributed by atoms with Crippen LogP contribution in [0, 0.1) is 10.1 Å². The largest absolute Gasteiger partial charge is 0.872 e. The Balaban J connectivity index is 1.86. The van der Waals surface area contributed by atoms with E-state index in [1.807, 2.05) is 31.1 Å². The maximum atomic E-state index is 12.9. The molecule has 0 fully saturated rings. The van der Waals surface area contributed by atoms with E-state index >= 15 is 0 Å². The van der Waals surface area contributed by atoms with Crippen molar-refractivity contribution in [3.05, 3.63) is 105 Å². The van der Waals surface area contributed by atoms with Gasteiger partial charge in [0.25, 0.3) is 17.5 Å². The van der Waals surface area contributed by atoms with Crippen LogP contribution in [0.1, 0.15) is 21.5 Å². The van der Waals surface area contributed by atoms with Crippen molar-refractivity contribution < 1.29 is 19.6 Å². The van der Waals surface area contributed by atoms with Gasteiger partial charge in [-0.1, -0.05) is 42.5 Å². The molecule has 3 aromatic rings. The Morgan fingerprint density at radius 3 is 2.31 bits per heavy atom. The Morgan fingerprint density at radius 1 is 1.00 bits per heavy atom. The van der Waals surface area contributed by atoms with Gasteiger partial charge in [0.15, 0.2) is 0 Å². The predicted octanol–water partition coefficient (Wildman–Crippen LogP) is 2.66. The molecule has 0 spiro atoms. The number of carbonyl (C=O) groups is 2. The average molecular weight is 472 g/mol. The quantitative estimate of drug-likeness (QED) is 0.224. The molecule has 2 amide bonds. The van der Waals surface area contributed by atoms with E-state index in [9.17, 15) is 24.8 Å². The van der Waals surface area contributed by atoms with Crippen LogP contribution in [0.4, 0.5) is 11.4 Å². The van der Waals surface area contributed by atoms with Gasteiger partial charge in [0.2, 0.25) is 0 Å². The van der Waals surface area contributed by atoms with Crippen molar-refractivity contribution in [1.82, 2.24) is 10.7 Å². The number of hydrogen-bond acceptors (Lipinski definition) is 7. The molecule has 35 heavy (non-hydrogen) atoms. The number of nitrogens with one attached hydrogen (secondary N) is 2. The zero-order valence-corrected chi connectivity index (χ0v) is 19.0. The molecule has 0 aromatic heterocycles. The summed E-state index contributed by atoms with van der Waals surface area (Å²) in [7, 11) is 3.80. The summed E-state index contributed by atoms with van der Waals surface area (Å²) in [5.41, 5.74) is 3.68. The zero-order chi connectivity index (χ0) is 25.4. The van der Waals surface area contributed by atoms with Gasteiger partial charge in [-0.2, -0.15) is 5.10 Å². The molecule has 0 bridgehead atoms. The molecule has 10 nitrogen and oxygen atoms in total. The first-order chi connectivity index (χ1) is 16.7. The van der Waals surface area contributed by atoms with Crippen LogP contribution in [0.3, 0.4) is 0 Å². The monoisotopic (exact) mass is 472 g/mol. The van der Waals surface area contributed by atoms with E-state index < -0.39 is 22.5 Å². The van der Waals surface area contributed by atoms with Gasteiger partial charge < -0.3 is 15.3 Å². The standard InChI is InChI=1S/C25H23N5O5/c1-29(2)20-10-8-17(9-11-20)14-22(27-24(32)18-6-4-3-5-7-18)25(33)28-26-16-19-15-21(31)12-13-23(19)30(34)35/h3-16,31H,1-2H3,(H,27,32)(H,28,33)/p-1/b22-14-,26-16?. The summed E-state index contributed by atoms with van der Waals surface area (Å²) in [6.07, 6.45) is 2.48. The molecule has 0 aliphatic heterocycles. The van der Waals surface area contributed by atoms with E-state index in [4.69, 9.17) is 0 Å². The Hall–Kier alpha value is -4.99. The lowest BCUT2D eigenvalue weighted by Crippen LogP contribution is -2.32. The van der Waals surface area contributed by atoms with Crippen LogP contribution in [0.15, 0.2) is 83.6 Å². The minimum atomic E-state index is -0.761. The third-order valence-corrected chi connectivity index (χ3v) is 4.81. The summed E-state index contributed by atoms with van der Waals surface area (Å²) >= 11 is 0. The molecule has 3 aromatic carbocycles. The lowest BCUT2D eigenvalue weighted by atomic mass is 10.1. The molecular weight excluding hydrogens is 450 g/mol. The van der Waals surface area contributed by atoms with E-state index in [1.165, 1.54) is 6.08 Å². The molecule has 0 unspecified atom stereocenters. The normalized spacial score (nSPS) is 11.2. The number of benzene rings is 3. The second kappa shape index (κ2) is 11.2. The number of hydrazone groups is 1. The Bertz CT molecular complexity index is 1290. The zero-order valence-electron chi connectivity index (χ0n) is 19.0. The molecular formula is C25H22N5O5-. The highest BCUT2D eigenvalue weighted by Gasteiger charge is 2.15. The first-order valence-electron chi connectivity index (χ1n) is 10.4. The van der Waals surface area contributed by atoms with Crippen LogP contribution >= 0.6 is 0 Å². The van der Waals surface area contributed by atoms with E-state index in [1.54, 1.807) is 42.5 Å². The number of amides is 2. The summed E-state index contributed by atoms with van der Waals surface area (Å²) in [5.74, 6) is -1.71. The highest BCUT2D eigenvalue weighted by atomic mass is 16.6. The first-order valence-corrected chi connectivity index (χ1v) is 10.4. The van der Waals surface area contributed by atoms with Crippen LogP contribution in [0.2, 0.25) is 0 Å². The van der Waals surface area contributed by atoms with Crippen LogP contribution in [0.5, 0.6) is 5.75 Å². The van der Waals surface area contributed by atoms with E-state index in [-0.39, 0.29) is 16.9 Å². The van der Waals surface area contributed by atoms with Crippen LogP contribution in [0.25, 0.3) is 6.08 Å². The van der Waals surface area contributed by atoms with E-state index in [0.717, 1.165) is 30.1 Å². The summed E-state index contributed by atoms with van der Waals surface area (Å²) in [5, 5.41) is 29.0. The van der Waals surface area contributed by atoms with Gasteiger partial charge in [0.05, 0.1) is 16.7 Å². The Kier molecular flexibility index (Phi) is 7.91. The number of nitrogens with zero attached hydrogens (tertiary/aromatic N) is 3. The minimum Gasteiger partial charge on any atom is -0.872 e. The molecule has 2 N–H and O–H groups in total. The van der Waals surface area contributed by atoms with Crippen molar-refractivity contribution in [3.63, 3.8) is 0 Å². The number of nitro groups is 1. The number of anilines is 1. The fraction of sp³-hybridized carbons (Fsp3) is 0.0800. The lowest BCUT2D eigenvalue weighted by molar-refractivity contribution is -0.385. The molecule has 0 atom stereocenters. The van der Waals surface area contributed by atoms with Crippen molar-refractivity contribution >= 4 is 35.5 Å². The maximum absolute atomic E-state index is 12.9. The minimum absolute atomic E-state index is 0.0686. The van der Waals surface area contributed by atoms with Gasteiger partial charge in [-0.15, -0.1) is 5.75 Å². The van der Waals surface area contributed by atoms with E-state index in [2.05, 4.69) is 15.8 Å². The number of carbonyl (C=O) groups excluding carboxylic acids is 2. The van der Waals surface area contributed by atoms with Crippen molar-refractivity contribution in [2.24, 2.45) is 5.10 Å². The molecule has 3 rings (SSSR count). The third-order valence-electron chi connectivity index (χ3n) is 4.81. The summed E-state index contributed by atoms with van der Waals surface area (Å²) in [6, 6.07) is 18.8. The number of nitro benzene ring substituents is 1. The van der Waals surface area contributed by atoms with Gasteiger partial charge in [-0.25, -0.2) is 5.43 Å². The fourth-order valence-corrected chi connectivity index (χ4v) is 3.00. The topological polar surface area (TPSA) is 140 Å². The fourth-order valence-electron chi connectivity index (χ4n) is 3.00. The van der Waals surface area contributed by atoms with Crippen molar-refractivity contribution in [2.75, 3.05) is 19.0 Å². The highest BCUT2D eigenvalue weighted by Crippen LogP contribution is 2.20. The summed E-state index contributed by atoms with van der Waals surface area (Å²) < 4.78 is 0. The Morgan fingerprint density at radius 2 is 1.69 bits per heavy atom. The van der Waals surface area contributed by atoms with Gasteiger partial charge >= 0.3 is 0 Å². The second-order valence-corrected chi connectivity index (χ2v) is 7.54. The molecule has 0 radical (unpaired) electrons. The summed E-state index contributed by atoms with van der Waals surface area (Å²) in [6.45, 7) is 0. The maximum Gasteiger partial charge on any atom is 0.287 e. The van der Waals surface area contributed by atoms with Crippen molar-refractivity contribution in [2.45, 2.75) is 0 Å². The van der Waals surface area contributed by atoms with Crippen LogP contribution < -0.4 is 20.7 Å². The SMILES string of the molecule is CN(C)c1ccc(/C=C(\NC(=O)c2ccccc2)C(=O)NN=Cc2cc([O-])ccc2[N+](=O)[O-])cc1. The molecule has 0 saturated carbocycles. The molecule has 0 saturated heterocycles. The first kappa shape index (κ1) is 24.6. The molecule has 0 heterocycles. The second-order valence-electron chi connectivity index (χ2n) is 7.54. The van der Waals surface area contributed by atoms with Crippen molar-refractivity contribution in [1.29, 1.82) is 0 Å². The third kappa shape index (κ3) is 6.75. The highest BCUT2D eigenvalue weighted by molar-refractivity contribution is 6.05. The van der Waals surface area contributed by atoms with Gasteiger partial charge in [-0.05, 0) is 35.9 Å². The van der Waals surface area contributed by atoms with Crippen molar-refractivity contribution in [3.8, 4) is 5.75 Å². The lowest BCUT2D eigenvalue weighted by Gasteiger charge is -2.12. The average Bonchev–Trinajstić information content (AvgIpc) is 2.84. The van der Waals surface area contributed by atoms with Gasteiger partial charge in [0, 0.05) is 31.4 Å². The van der Waals surface area contributed by atoms with Crippen LogP contribution in [-0.4, -0.2) is 37.0 Å². The molecule has 10 heteroatoms. The van der Waals surface area contributed by atoms with Crippen LogP contribution in [-0.2, 0) is 4.79 Å². The smallest absolute Gasteiger partial charge is 0.287 e.